The summed E-state index contributed by atoms with van der Waals surface area (Å²) in [6, 6.07) is 11.7. The van der Waals surface area contributed by atoms with E-state index in [1.807, 2.05) is 0 Å². The summed E-state index contributed by atoms with van der Waals surface area (Å²) >= 11 is 12.8. The maximum Gasteiger partial charge on any atom is 0.282 e. The van der Waals surface area contributed by atoms with Crippen LogP contribution in [0.25, 0.3) is 16.6 Å². The highest BCUT2D eigenvalue weighted by Gasteiger charge is 2.48. The number of hydrogen-bond donors (Lipinski definition) is 1. The van der Waals surface area contributed by atoms with Crippen LogP contribution in [-0.2, 0) is 12.0 Å². The Balaban J connectivity index is 1.30. The topological polar surface area (TPSA) is 75.9 Å². The third-order valence-electron chi connectivity index (χ3n) is 7.57. The summed E-state index contributed by atoms with van der Waals surface area (Å²) < 4.78 is 1.30. The molecule has 7 rings (SSSR count). The van der Waals surface area contributed by atoms with Crippen LogP contribution in [0.3, 0.4) is 0 Å². The monoisotopic (exact) mass is 518 g/mol. The number of hydrogen-bond acceptors (Lipinski definition) is 6. The molecule has 0 amide bonds. The molecule has 0 bridgehead atoms. The second-order valence-electron chi connectivity index (χ2n) is 10.4. The van der Waals surface area contributed by atoms with Gasteiger partial charge in [-0.2, -0.15) is 9.78 Å². The maximum absolute atomic E-state index is 13.4. The third-order valence-corrected chi connectivity index (χ3v) is 8.18. The van der Waals surface area contributed by atoms with Crippen molar-refractivity contribution >= 4 is 45.7 Å². The van der Waals surface area contributed by atoms with Gasteiger partial charge in [0.25, 0.3) is 5.56 Å². The molecule has 1 N–H and O–H groups in total. The predicted molar refractivity (Wildman–Crippen MR) is 142 cm³/mol. The summed E-state index contributed by atoms with van der Waals surface area (Å²) in [6.07, 6.45) is 6.11. The quantitative estimate of drug-likeness (QED) is 0.380. The lowest BCUT2D eigenvalue weighted by Gasteiger charge is -2.32. The van der Waals surface area contributed by atoms with Crippen LogP contribution >= 0.6 is 23.2 Å². The number of para-hydroxylation sites is 1. The van der Waals surface area contributed by atoms with Crippen molar-refractivity contribution in [2.24, 2.45) is 0 Å². The highest BCUT2D eigenvalue weighted by atomic mass is 35.5. The van der Waals surface area contributed by atoms with E-state index < -0.39 is 0 Å². The molecule has 2 fully saturated rings. The van der Waals surface area contributed by atoms with Gasteiger partial charge in [-0.25, -0.2) is 9.97 Å². The lowest BCUT2D eigenvalue weighted by molar-refractivity contribution is 0.271. The highest BCUT2D eigenvalue weighted by Crippen LogP contribution is 2.52. The Morgan fingerprint density at radius 2 is 1.89 bits per heavy atom. The molecule has 0 unspecified atom stereocenters. The van der Waals surface area contributed by atoms with Crippen molar-refractivity contribution in [3.05, 3.63) is 79.8 Å². The zero-order chi connectivity index (χ0) is 24.6. The summed E-state index contributed by atoms with van der Waals surface area (Å²) in [5.41, 5.74) is 5.50. The first-order chi connectivity index (χ1) is 17.4. The number of nitrogens with one attached hydrogen (secondary N) is 1. The van der Waals surface area contributed by atoms with E-state index in [1.54, 1.807) is 24.4 Å². The molecule has 2 saturated carbocycles. The van der Waals surface area contributed by atoms with Gasteiger partial charge in [-0.1, -0.05) is 35.3 Å². The van der Waals surface area contributed by atoms with E-state index in [2.05, 4.69) is 40.4 Å². The van der Waals surface area contributed by atoms with Gasteiger partial charge in [0, 0.05) is 36.3 Å². The van der Waals surface area contributed by atoms with E-state index in [0.29, 0.717) is 38.0 Å². The van der Waals surface area contributed by atoms with E-state index in [-0.39, 0.29) is 11.5 Å². The average Bonchev–Trinajstić information content (AvgIpc) is 3.77. The van der Waals surface area contributed by atoms with E-state index in [1.165, 1.54) is 28.7 Å². The van der Waals surface area contributed by atoms with Crippen LogP contribution < -0.4 is 10.9 Å². The predicted octanol–water partition coefficient (Wildman–Crippen LogP) is 5.58. The van der Waals surface area contributed by atoms with Gasteiger partial charge >= 0.3 is 0 Å². The van der Waals surface area contributed by atoms with Crippen LogP contribution in [0.1, 0.15) is 48.4 Å². The summed E-state index contributed by atoms with van der Waals surface area (Å²) in [5, 5.41) is 9.19. The van der Waals surface area contributed by atoms with Crippen molar-refractivity contribution in [3.8, 4) is 5.69 Å². The van der Waals surface area contributed by atoms with E-state index in [0.717, 1.165) is 37.3 Å². The molecule has 36 heavy (non-hydrogen) atoms. The number of nitrogens with zero attached hydrogens (tertiary/aromatic N) is 5. The Hall–Kier alpha value is -3.00. The van der Waals surface area contributed by atoms with Crippen LogP contribution in [0.2, 0.25) is 10.0 Å². The first-order valence-electron chi connectivity index (χ1n) is 12.3. The lowest BCUT2D eigenvalue weighted by atomic mass is 9.87. The molecule has 0 radical (unpaired) electrons. The Kier molecular flexibility index (Phi) is 4.94. The zero-order valence-corrected chi connectivity index (χ0v) is 21.3. The number of halogens is 2. The van der Waals surface area contributed by atoms with Crippen molar-refractivity contribution in [2.75, 3.05) is 18.9 Å². The zero-order valence-electron chi connectivity index (χ0n) is 19.8. The van der Waals surface area contributed by atoms with Gasteiger partial charge in [0.1, 0.15) is 11.2 Å². The van der Waals surface area contributed by atoms with E-state index in [9.17, 15) is 4.79 Å². The summed E-state index contributed by atoms with van der Waals surface area (Å²) in [6.45, 7) is 2.07. The van der Waals surface area contributed by atoms with Crippen LogP contribution in [-0.4, -0.2) is 38.2 Å². The van der Waals surface area contributed by atoms with Crippen molar-refractivity contribution in [3.63, 3.8) is 0 Å². The van der Waals surface area contributed by atoms with Crippen LogP contribution in [0.15, 0.2) is 47.4 Å². The van der Waals surface area contributed by atoms with Crippen LogP contribution in [0, 0.1) is 0 Å². The van der Waals surface area contributed by atoms with Gasteiger partial charge < -0.3 is 10.2 Å². The van der Waals surface area contributed by atoms with Crippen molar-refractivity contribution < 1.29 is 0 Å². The standard InChI is InChI=1S/C27H24Cl2N6O/c1-34-13-16-11-17(7-8-19(16)27(14-34)9-10-27)31-26-30-12-18-23(32-26)22(15-5-6-15)33-35(25(18)36)24-20(28)3-2-4-21(24)29/h2-4,7-8,11-12,15H,5-6,9-10,13-14H2,1H3,(H,30,31,32). The van der Waals surface area contributed by atoms with Gasteiger partial charge in [0.05, 0.1) is 21.1 Å². The molecule has 3 aliphatic rings. The molecule has 0 saturated heterocycles. The highest BCUT2D eigenvalue weighted by molar-refractivity contribution is 6.37. The Morgan fingerprint density at radius 1 is 1.11 bits per heavy atom. The largest absolute Gasteiger partial charge is 0.324 e. The van der Waals surface area contributed by atoms with E-state index >= 15 is 0 Å². The number of benzene rings is 2. The Bertz CT molecular complexity index is 1590. The fourth-order valence-electron chi connectivity index (χ4n) is 5.56. The van der Waals surface area contributed by atoms with Gasteiger partial charge in [-0.15, -0.1) is 0 Å². The molecule has 2 aliphatic carbocycles. The molecule has 7 nitrogen and oxygen atoms in total. The molecule has 2 aromatic carbocycles. The number of fused-ring (bicyclic) bond motifs is 3. The smallest absolute Gasteiger partial charge is 0.282 e. The van der Waals surface area contributed by atoms with Crippen molar-refractivity contribution in [2.45, 2.75) is 43.6 Å². The molecule has 9 heteroatoms. The molecule has 1 aliphatic heterocycles. The first kappa shape index (κ1) is 22.2. The minimum absolute atomic E-state index is 0.248. The molecule has 0 atom stereocenters. The third kappa shape index (κ3) is 3.60. The van der Waals surface area contributed by atoms with Crippen LogP contribution in [0.4, 0.5) is 11.6 Å². The van der Waals surface area contributed by atoms with Gasteiger partial charge in [0.2, 0.25) is 5.95 Å². The van der Waals surface area contributed by atoms with Gasteiger partial charge in [0.15, 0.2) is 0 Å². The fraction of sp³-hybridized carbons (Fsp3) is 0.333. The molecule has 3 heterocycles. The van der Waals surface area contributed by atoms with E-state index in [4.69, 9.17) is 33.3 Å². The van der Waals surface area contributed by atoms with Crippen molar-refractivity contribution in [1.29, 1.82) is 0 Å². The summed E-state index contributed by atoms with van der Waals surface area (Å²) in [4.78, 5) is 25.1. The number of rotatable bonds is 4. The summed E-state index contributed by atoms with van der Waals surface area (Å²) in [7, 11) is 2.19. The molecular formula is C27H24Cl2N6O. The molecule has 182 valence electrons. The SMILES string of the molecule is CN1Cc2cc(Nc3ncc4c(=O)n(-c5c(Cl)cccc5Cl)nc(C5CC5)c4n3)ccc2C2(CC2)C1. The minimum Gasteiger partial charge on any atom is -0.324 e. The second kappa shape index (κ2) is 8.00. The van der Waals surface area contributed by atoms with Crippen LogP contribution in [0.5, 0.6) is 0 Å². The molecule has 1 spiro atoms. The molecule has 2 aromatic heterocycles. The maximum atomic E-state index is 13.4. The Morgan fingerprint density at radius 3 is 2.61 bits per heavy atom. The molecular weight excluding hydrogens is 495 g/mol. The number of anilines is 2. The molecule has 4 aromatic rings. The Labute approximate surface area is 218 Å². The van der Waals surface area contributed by atoms with Crippen molar-refractivity contribution in [1.82, 2.24) is 24.6 Å². The lowest BCUT2D eigenvalue weighted by Crippen LogP contribution is -2.35. The minimum atomic E-state index is -0.345. The van der Waals surface area contributed by atoms with Gasteiger partial charge in [-0.3, -0.25) is 4.79 Å². The first-order valence-corrected chi connectivity index (χ1v) is 13.0. The summed E-state index contributed by atoms with van der Waals surface area (Å²) in [5.74, 6) is 0.696. The number of likely N-dealkylation sites (N-methyl/N-ethyl adjacent to an activating group) is 1. The second-order valence-corrected chi connectivity index (χ2v) is 11.2. The normalized spacial score (nSPS) is 18.4. The van der Waals surface area contributed by atoms with Gasteiger partial charge in [-0.05, 0) is 68.1 Å². The number of aromatic nitrogens is 4. The fourth-order valence-corrected chi connectivity index (χ4v) is 6.12. The average molecular weight is 519 g/mol.